The lowest BCUT2D eigenvalue weighted by molar-refractivity contribution is -0.122. The maximum atomic E-state index is 11.8. The Morgan fingerprint density at radius 1 is 1.21 bits per heavy atom. The Morgan fingerprint density at radius 3 is 2.53 bits per heavy atom. The first kappa shape index (κ1) is 15.7. The van der Waals surface area contributed by atoms with Gasteiger partial charge in [0.2, 0.25) is 5.91 Å². The highest BCUT2D eigenvalue weighted by atomic mass is 16.2. The summed E-state index contributed by atoms with van der Waals surface area (Å²) >= 11 is 0. The van der Waals surface area contributed by atoms with Crippen LogP contribution in [0.1, 0.15) is 38.7 Å². The minimum Gasteiger partial charge on any atom is -0.355 e. The largest absolute Gasteiger partial charge is 0.355 e. The number of amides is 1. The molecule has 3 heteroatoms. The van der Waals surface area contributed by atoms with Crippen LogP contribution in [0.15, 0.2) is 30.3 Å². The topological polar surface area (TPSA) is 55.1 Å². The fourth-order valence-corrected chi connectivity index (χ4v) is 1.98. The first-order chi connectivity index (χ1) is 9.09. The third-order valence-corrected chi connectivity index (χ3v) is 3.14. The molecule has 106 valence electrons. The van der Waals surface area contributed by atoms with Gasteiger partial charge in [0.15, 0.2) is 0 Å². The van der Waals surface area contributed by atoms with E-state index in [0.29, 0.717) is 6.42 Å². The number of hydrogen-bond donors (Lipinski definition) is 2. The average molecular weight is 262 g/mol. The van der Waals surface area contributed by atoms with Crippen LogP contribution in [0.2, 0.25) is 0 Å². The number of nitrogens with two attached hydrogens (primary N) is 1. The number of hydrogen-bond acceptors (Lipinski definition) is 2. The lowest BCUT2D eigenvalue weighted by Gasteiger charge is -2.12. The Labute approximate surface area is 116 Å². The SMILES string of the molecule is CC(C)CCCCNC(=O)[C@@H](N)Cc1ccccc1. The third-order valence-electron chi connectivity index (χ3n) is 3.14. The molecule has 0 aliphatic rings. The molecule has 0 aliphatic carbocycles. The second kappa shape index (κ2) is 8.70. The molecule has 0 bridgehead atoms. The smallest absolute Gasteiger partial charge is 0.237 e. The molecule has 0 unspecified atom stereocenters. The number of nitrogens with one attached hydrogen (secondary N) is 1. The summed E-state index contributed by atoms with van der Waals surface area (Å²) in [4.78, 5) is 11.8. The van der Waals surface area contributed by atoms with Crippen LogP contribution in [0.4, 0.5) is 0 Å². The van der Waals surface area contributed by atoms with Gasteiger partial charge in [-0.05, 0) is 24.3 Å². The van der Waals surface area contributed by atoms with E-state index in [-0.39, 0.29) is 5.91 Å². The lowest BCUT2D eigenvalue weighted by Crippen LogP contribution is -2.42. The van der Waals surface area contributed by atoms with Gasteiger partial charge < -0.3 is 11.1 Å². The van der Waals surface area contributed by atoms with Crippen LogP contribution in [-0.2, 0) is 11.2 Å². The number of benzene rings is 1. The van der Waals surface area contributed by atoms with E-state index in [9.17, 15) is 4.79 Å². The van der Waals surface area contributed by atoms with E-state index >= 15 is 0 Å². The summed E-state index contributed by atoms with van der Waals surface area (Å²) in [5.41, 5.74) is 7.00. The maximum absolute atomic E-state index is 11.8. The molecule has 1 aromatic carbocycles. The second-order valence-electron chi connectivity index (χ2n) is 5.48. The van der Waals surface area contributed by atoms with Crippen molar-refractivity contribution < 1.29 is 4.79 Å². The van der Waals surface area contributed by atoms with Gasteiger partial charge in [0.1, 0.15) is 0 Å². The van der Waals surface area contributed by atoms with E-state index in [1.54, 1.807) is 0 Å². The number of rotatable bonds is 8. The minimum absolute atomic E-state index is 0.0478. The summed E-state index contributed by atoms with van der Waals surface area (Å²) in [7, 11) is 0. The number of carbonyl (C=O) groups excluding carboxylic acids is 1. The zero-order valence-electron chi connectivity index (χ0n) is 12.1. The Balaban J connectivity index is 2.18. The van der Waals surface area contributed by atoms with Gasteiger partial charge in [-0.1, -0.05) is 57.0 Å². The molecule has 0 fully saturated rings. The van der Waals surface area contributed by atoms with E-state index in [1.807, 2.05) is 30.3 Å². The summed E-state index contributed by atoms with van der Waals surface area (Å²) in [6.45, 7) is 5.16. The zero-order chi connectivity index (χ0) is 14.1. The van der Waals surface area contributed by atoms with Crippen molar-refractivity contribution in [1.82, 2.24) is 5.32 Å². The van der Waals surface area contributed by atoms with Gasteiger partial charge in [-0.15, -0.1) is 0 Å². The van der Waals surface area contributed by atoms with Gasteiger partial charge in [0.05, 0.1) is 6.04 Å². The van der Waals surface area contributed by atoms with Crippen molar-refractivity contribution in [3.63, 3.8) is 0 Å². The quantitative estimate of drug-likeness (QED) is 0.707. The Bertz CT molecular complexity index is 362. The molecule has 0 heterocycles. The molecule has 19 heavy (non-hydrogen) atoms. The summed E-state index contributed by atoms with van der Waals surface area (Å²) < 4.78 is 0. The minimum atomic E-state index is -0.451. The van der Waals surface area contributed by atoms with Crippen LogP contribution in [0.3, 0.4) is 0 Å². The molecular formula is C16H26N2O. The summed E-state index contributed by atoms with van der Waals surface area (Å²) in [5.74, 6) is 0.685. The molecule has 1 rings (SSSR count). The van der Waals surface area contributed by atoms with Gasteiger partial charge in [-0.3, -0.25) is 4.79 Å². The standard InChI is InChI=1S/C16H26N2O/c1-13(2)8-6-7-11-18-16(19)15(17)12-14-9-4-3-5-10-14/h3-5,9-10,13,15H,6-8,11-12,17H2,1-2H3,(H,18,19)/t15-/m0/s1. The molecule has 1 amide bonds. The molecular weight excluding hydrogens is 236 g/mol. The molecule has 3 N–H and O–H groups in total. The molecule has 0 aromatic heterocycles. The first-order valence-electron chi connectivity index (χ1n) is 7.17. The van der Waals surface area contributed by atoms with E-state index < -0.39 is 6.04 Å². The average Bonchev–Trinajstić information content (AvgIpc) is 2.38. The molecule has 1 atom stereocenters. The van der Waals surface area contributed by atoms with Crippen LogP contribution < -0.4 is 11.1 Å². The van der Waals surface area contributed by atoms with Gasteiger partial charge in [-0.25, -0.2) is 0 Å². The van der Waals surface area contributed by atoms with E-state index in [4.69, 9.17) is 5.73 Å². The highest BCUT2D eigenvalue weighted by Gasteiger charge is 2.12. The number of unbranched alkanes of at least 4 members (excludes halogenated alkanes) is 1. The molecule has 0 radical (unpaired) electrons. The van der Waals surface area contributed by atoms with Crippen molar-refractivity contribution in [3.8, 4) is 0 Å². The zero-order valence-corrected chi connectivity index (χ0v) is 12.1. The summed E-state index contributed by atoms with van der Waals surface area (Å²) in [6.07, 6.45) is 4.00. The van der Waals surface area contributed by atoms with Crippen LogP contribution in [0.25, 0.3) is 0 Å². The van der Waals surface area contributed by atoms with Gasteiger partial charge in [0, 0.05) is 6.54 Å². The van der Waals surface area contributed by atoms with E-state index in [0.717, 1.165) is 30.9 Å². The normalized spacial score (nSPS) is 12.4. The van der Waals surface area contributed by atoms with Crippen molar-refractivity contribution in [2.45, 2.75) is 45.6 Å². The molecule has 0 saturated heterocycles. The van der Waals surface area contributed by atoms with Crippen LogP contribution >= 0.6 is 0 Å². The fraction of sp³-hybridized carbons (Fsp3) is 0.562. The molecule has 0 aliphatic heterocycles. The summed E-state index contributed by atoms with van der Waals surface area (Å²) in [5, 5.41) is 2.91. The van der Waals surface area contributed by atoms with E-state index in [2.05, 4.69) is 19.2 Å². The maximum Gasteiger partial charge on any atom is 0.237 e. The third kappa shape index (κ3) is 6.97. The van der Waals surface area contributed by atoms with Crippen molar-refractivity contribution in [1.29, 1.82) is 0 Å². The second-order valence-corrected chi connectivity index (χ2v) is 5.48. The molecule has 3 nitrogen and oxygen atoms in total. The molecule has 0 saturated carbocycles. The van der Waals surface area contributed by atoms with Gasteiger partial charge in [-0.2, -0.15) is 0 Å². The highest BCUT2D eigenvalue weighted by molar-refractivity contribution is 5.81. The van der Waals surface area contributed by atoms with Crippen molar-refractivity contribution in [3.05, 3.63) is 35.9 Å². The van der Waals surface area contributed by atoms with Gasteiger partial charge >= 0.3 is 0 Å². The van der Waals surface area contributed by atoms with Crippen LogP contribution in [0.5, 0.6) is 0 Å². The first-order valence-corrected chi connectivity index (χ1v) is 7.17. The fourth-order valence-electron chi connectivity index (χ4n) is 1.98. The van der Waals surface area contributed by atoms with Gasteiger partial charge in [0.25, 0.3) is 0 Å². The lowest BCUT2D eigenvalue weighted by atomic mass is 10.1. The van der Waals surface area contributed by atoms with Crippen LogP contribution in [-0.4, -0.2) is 18.5 Å². The van der Waals surface area contributed by atoms with E-state index in [1.165, 1.54) is 6.42 Å². The monoisotopic (exact) mass is 262 g/mol. The Hall–Kier alpha value is -1.35. The predicted molar refractivity (Wildman–Crippen MR) is 79.8 cm³/mol. The Kier molecular flexibility index (Phi) is 7.19. The highest BCUT2D eigenvalue weighted by Crippen LogP contribution is 2.05. The van der Waals surface area contributed by atoms with Crippen molar-refractivity contribution in [2.75, 3.05) is 6.54 Å². The predicted octanol–water partition coefficient (Wildman–Crippen LogP) is 2.50. The Morgan fingerprint density at radius 2 is 1.89 bits per heavy atom. The number of carbonyl (C=O) groups is 1. The molecule has 0 spiro atoms. The molecule has 1 aromatic rings. The van der Waals surface area contributed by atoms with Crippen molar-refractivity contribution in [2.24, 2.45) is 11.7 Å². The van der Waals surface area contributed by atoms with Crippen LogP contribution in [0, 0.1) is 5.92 Å². The summed E-state index contributed by atoms with van der Waals surface area (Å²) in [6, 6.07) is 9.43. The van der Waals surface area contributed by atoms with Crippen molar-refractivity contribution >= 4 is 5.91 Å².